The zero-order valence-electron chi connectivity index (χ0n) is 10.3. The van der Waals surface area contributed by atoms with Crippen molar-refractivity contribution in [2.75, 3.05) is 0 Å². The second-order valence-electron chi connectivity index (χ2n) is 4.07. The molecule has 1 amide bonds. The standard InChI is InChI=1S/C13H11NO6/c15-10(7-6-9-12(17)20-13(18)14-9)19-11(16)8-4-2-1-3-5-8/h1-5,9H,6-7H2,(H,14,18). The number of ether oxygens (including phenoxy) is 2. The third-order valence-electron chi connectivity index (χ3n) is 2.62. The molecule has 1 saturated heterocycles. The van der Waals surface area contributed by atoms with Crippen LogP contribution in [0.5, 0.6) is 0 Å². The van der Waals surface area contributed by atoms with Gasteiger partial charge in [-0.15, -0.1) is 0 Å². The van der Waals surface area contributed by atoms with Crippen LogP contribution in [0.15, 0.2) is 30.3 Å². The Morgan fingerprint density at radius 2 is 1.90 bits per heavy atom. The first-order valence-electron chi connectivity index (χ1n) is 5.88. The van der Waals surface area contributed by atoms with Crippen molar-refractivity contribution in [3.63, 3.8) is 0 Å². The quantitative estimate of drug-likeness (QED) is 0.645. The molecule has 1 N–H and O–H groups in total. The molecular weight excluding hydrogens is 266 g/mol. The molecule has 1 unspecified atom stereocenters. The minimum Gasteiger partial charge on any atom is -0.389 e. The van der Waals surface area contributed by atoms with E-state index < -0.39 is 30.0 Å². The number of hydrogen-bond donors (Lipinski definition) is 1. The number of amides is 1. The summed E-state index contributed by atoms with van der Waals surface area (Å²) in [5.74, 6) is -2.27. The maximum atomic E-state index is 11.6. The molecule has 1 fully saturated rings. The summed E-state index contributed by atoms with van der Waals surface area (Å²) in [6, 6.07) is 7.18. The number of carbonyl (C=O) groups is 4. The molecule has 0 radical (unpaired) electrons. The van der Waals surface area contributed by atoms with E-state index in [1.54, 1.807) is 18.2 Å². The molecule has 2 rings (SSSR count). The molecule has 7 heteroatoms. The van der Waals surface area contributed by atoms with Gasteiger partial charge in [-0.2, -0.15) is 0 Å². The fourth-order valence-corrected chi connectivity index (χ4v) is 1.63. The van der Waals surface area contributed by atoms with Gasteiger partial charge in [-0.1, -0.05) is 18.2 Å². The van der Waals surface area contributed by atoms with Crippen LogP contribution in [-0.2, 0) is 19.1 Å². The first kappa shape index (κ1) is 13.7. The Hall–Kier alpha value is -2.70. The number of esters is 3. The fraction of sp³-hybridized carbons (Fsp3) is 0.231. The number of carbonyl (C=O) groups excluding carboxylic acids is 4. The number of hydrogen-bond acceptors (Lipinski definition) is 6. The number of rotatable bonds is 4. The van der Waals surface area contributed by atoms with Gasteiger partial charge in [-0.3, -0.25) is 4.79 Å². The summed E-state index contributed by atoms with van der Waals surface area (Å²) in [6.45, 7) is 0. The summed E-state index contributed by atoms with van der Waals surface area (Å²) in [6.07, 6.45) is -1.00. The smallest absolute Gasteiger partial charge is 0.389 e. The Kier molecular flexibility index (Phi) is 4.09. The topological polar surface area (TPSA) is 98.8 Å². The maximum Gasteiger partial charge on any atom is 0.415 e. The minimum atomic E-state index is -0.873. The predicted octanol–water partition coefficient (Wildman–Crippen LogP) is 0.785. The lowest BCUT2D eigenvalue weighted by Crippen LogP contribution is -2.29. The molecule has 0 spiro atoms. The molecule has 1 aromatic rings. The summed E-state index contributed by atoms with van der Waals surface area (Å²) in [5, 5.41) is 2.24. The molecule has 0 aliphatic carbocycles. The van der Waals surface area contributed by atoms with E-state index in [2.05, 4.69) is 14.8 Å². The summed E-state index contributed by atoms with van der Waals surface area (Å²) >= 11 is 0. The van der Waals surface area contributed by atoms with Crippen LogP contribution in [-0.4, -0.2) is 30.0 Å². The summed E-state index contributed by atoms with van der Waals surface area (Å²) < 4.78 is 8.86. The van der Waals surface area contributed by atoms with Crippen molar-refractivity contribution in [3.8, 4) is 0 Å². The normalized spacial score (nSPS) is 17.3. The van der Waals surface area contributed by atoms with Gasteiger partial charge < -0.3 is 14.8 Å². The van der Waals surface area contributed by atoms with Gasteiger partial charge in [0.25, 0.3) is 0 Å². The van der Waals surface area contributed by atoms with Crippen LogP contribution in [0, 0.1) is 0 Å². The number of alkyl carbamates (subject to hydrolysis) is 1. The molecule has 1 aliphatic rings. The van der Waals surface area contributed by atoms with E-state index in [0.29, 0.717) is 0 Å². The Morgan fingerprint density at radius 3 is 2.50 bits per heavy atom. The van der Waals surface area contributed by atoms with Crippen LogP contribution < -0.4 is 5.32 Å². The lowest BCUT2D eigenvalue weighted by Gasteiger charge is -2.05. The number of benzene rings is 1. The maximum absolute atomic E-state index is 11.6. The average molecular weight is 277 g/mol. The molecule has 1 aromatic carbocycles. The van der Waals surface area contributed by atoms with Gasteiger partial charge >= 0.3 is 24.0 Å². The Labute approximate surface area is 113 Å². The van der Waals surface area contributed by atoms with Crippen molar-refractivity contribution in [2.45, 2.75) is 18.9 Å². The van der Waals surface area contributed by atoms with Crippen molar-refractivity contribution in [1.82, 2.24) is 5.32 Å². The fourth-order valence-electron chi connectivity index (χ4n) is 1.63. The second-order valence-corrected chi connectivity index (χ2v) is 4.07. The van der Waals surface area contributed by atoms with Gasteiger partial charge in [0.2, 0.25) is 0 Å². The molecule has 0 saturated carbocycles. The second kappa shape index (κ2) is 5.96. The highest BCUT2D eigenvalue weighted by molar-refractivity contribution is 5.97. The lowest BCUT2D eigenvalue weighted by molar-refractivity contribution is -0.138. The molecule has 104 valence electrons. The van der Waals surface area contributed by atoms with E-state index in [9.17, 15) is 19.2 Å². The van der Waals surface area contributed by atoms with E-state index in [4.69, 9.17) is 0 Å². The SMILES string of the molecule is O=C(CCC1NC(=O)OC1=O)OC(=O)c1ccccc1. The average Bonchev–Trinajstić information content (AvgIpc) is 2.75. The van der Waals surface area contributed by atoms with Crippen molar-refractivity contribution in [3.05, 3.63) is 35.9 Å². The monoisotopic (exact) mass is 277 g/mol. The Bertz CT molecular complexity index is 553. The van der Waals surface area contributed by atoms with E-state index in [1.165, 1.54) is 12.1 Å². The molecule has 0 aromatic heterocycles. The molecule has 7 nitrogen and oxygen atoms in total. The highest BCUT2D eigenvalue weighted by atomic mass is 16.6. The molecule has 1 atom stereocenters. The summed E-state index contributed by atoms with van der Waals surface area (Å²) in [4.78, 5) is 44.9. The van der Waals surface area contributed by atoms with Gasteiger partial charge in [-0.05, 0) is 18.6 Å². The van der Waals surface area contributed by atoms with Crippen LogP contribution in [0.25, 0.3) is 0 Å². The third kappa shape index (κ3) is 3.41. The molecule has 20 heavy (non-hydrogen) atoms. The highest BCUT2D eigenvalue weighted by Gasteiger charge is 2.32. The highest BCUT2D eigenvalue weighted by Crippen LogP contribution is 2.09. The number of nitrogens with one attached hydrogen (secondary N) is 1. The van der Waals surface area contributed by atoms with Crippen LogP contribution in [0.4, 0.5) is 4.79 Å². The van der Waals surface area contributed by atoms with Gasteiger partial charge in [-0.25, -0.2) is 14.4 Å². The van der Waals surface area contributed by atoms with E-state index >= 15 is 0 Å². The van der Waals surface area contributed by atoms with E-state index in [0.717, 1.165) is 0 Å². The van der Waals surface area contributed by atoms with Crippen LogP contribution >= 0.6 is 0 Å². The van der Waals surface area contributed by atoms with Gasteiger partial charge in [0.15, 0.2) is 0 Å². The van der Waals surface area contributed by atoms with Crippen LogP contribution in [0.1, 0.15) is 23.2 Å². The number of cyclic esters (lactones) is 2. The van der Waals surface area contributed by atoms with Gasteiger partial charge in [0.05, 0.1) is 5.56 Å². The van der Waals surface area contributed by atoms with Crippen molar-refractivity contribution >= 4 is 24.0 Å². The Balaban J connectivity index is 1.80. The van der Waals surface area contributed by atoms with Crippen LogP contribution in [0.2, 0.25) is 0 Å². The molecule has 1 heterocycles. The van der Waals surface area contributed by atoms with E-state index in [-0.39, 0.29) is 18.4 Å². The third-order valence-corrected chi connectivity index (χ3v) is 2.62. The summed E-state index contributed by atoms with van der Waals surface area (Å²) in [5.41, 5.74) is 0.259. The molecule has 1 aliphatic heterocycles. The Morgan fingerprint density at radius 1 is 1.20 bits per heavy atom. The van der Waals surface area contributed by atoms with Gasteiger partial charge in [0, 0.05) is 6.42 Å². The zero-order chi connectivity index (χ0) is 14.5. The molecular formula is C13H11NO6. The predicted molar refractivity (Wildman–Crippen MR) is 64.5 cm³/mol. The largest absolute Gasteiger partial charge is 0.415 e. The first-order valence-corrected chi connectivity index (χ1v) is 5.88. The minimum absolute atomic E-state index is 0.0193. The zero-order valence-corrected chi connectivity index (χ0v) is 10.3. The van der Waals surface area contributed by atoms with Crippen molar-refractivity contribution in [1.29, 1.82) is 0 Å². The van der Waals surface area contributed by atoms with E-state index in [1.807, 2.05) is 0 Å². The first-order chi connectivity index (χ1) is 9.56. The van der Waals surface area contributed by atoms with Gasteiger partial charge in [0.1, 0.15) is 6.04 Å². The lowest BCUT2D eigenvalue weighted by atomic mass is 10.1. The molecule has 0 bridgehead atoms. The van der Waals surface area contributed by atoms with Crippen molar-refractivity contribution in [2.24, 2.45) is 0 Å². The van der Waals surface area contributed by atoms with Crippen LogP contribution in [0.3, 0.4) is 0 Å². The summed E-state index contributed by atoms with van der Waals surface area (Å²) in [7, 11) is 0. The van der Waals surface area contributed by atoms with Crippen molar-refractivity contribution < 1.29 is 28.7 Å².